The summed E-state index contributed by atoms with van der Waals surface area (Å²) in [5.74, 6) is 0.193. The fraction of sp³-hybridized carbons (Fsp3) is 0.556. The normalized spacial score (nSPS) is 15.0. The van der Waals surface area contributed by atoms with Gasteiger partial charge in [0.2, 0.25) is 11.8 Å². The topological polar surface area (TPSA) is 53.1 Å². The molecule has 6 nitrogen and oxygen atoms in total. The minimum atomic E-state index is 0.0768. The molecule has 1 aliphatic heterocycles. The van der Waals surface area contributed by atoms with Crippen molar-refractivity contribution in [3.05, 3.63) is 35.9 Å². The third kappa shape index (κ3) is 5.62. The molecule has 1 aliphatic rings. The smallest absolute Gasteiger partial charge is 0.236 e. The molecule has 0 aromatic heterocycles. The van der Waals surface area contributed by atoms with E-state index in [0.717, 1.165) is 6.54 Å². The zero-order chi connectivity index (χ0) is 17.4. The predicted octanol–water partition coefficient (Wildman–Crippen LogP) is 0.826. The van der Waals surface area contributed by atoms with Gasteiger partial charge in [0.25, 0.3) is 0 Å². The van der Waals surface area contributed by atoms with Crippen LogP contribution in [0.2, 0.25) is 0 Å². The molecule has 0 saturated carbocycles. The highest BCUT2D eigenvalue weighted by atomic mass is 16.5. The van der Waals surface area contributed by atoms with Gasteiger partial charge >= 0.3 is 0 Å². The van der Waals surface area contributed by atoms with Gasteiger partial charge in [0.05, 0.1) is 13.2 Å². The van der Waals surface area contributed by atoms with E-state index in [1.807, 2.05) is 23.1 Å². The Morgan fingerprint density at radius 1 is 1.08 bits per heavy atom. The van der Waals surface area contributed by atoms with Crippen LogP contribution in [-0.4, -0.2) is 79.5 Å². The first-order valence-electron chi connectivity index (χ1n) is 8.38. The van der Waals surface area contributed by atoms with Crippen molar-refractivity contribution in [3.63, 3.8) is 0 Å². The average molecular weight is 333 g/mol. The summed E-state index contributed by atoms with van der Waals surface area (Å²) in [5, 5.41) is 0. The second-order valence-electron chi connectivity index (χ2n) is 6.08. The van der Waals surface area contributed by atoms with Crippen LogP contribution in [0.3, 0.4) is 0 Å². The number of carbonyl (C=O) groups is 2. The number of benzene rings is 1. The molecule has 0 atom stereocenters. The summed E-state index contributed by atoms with van der Waals surface area (Å²) < 4.78 is 5.17. The van der Waals surface area contributed by atoms with Crippen LogP contribution in [0.25, 0.3) is 0 Å². The van der Waals surface area contributed by atoms with E-state index in [0.29, 0.717) is 45.9 Å². The molecule has 24 heavy (non-hydrogen) atoms. The van der Waals surface area contributed by atoms with Gasteiger partial charge in [-0.25, -0.2) is 0 Å². The van der Waals surface area contributed by atoms with E-state index in [-0.39, 0.29) is 11.8 Å². The number of carbonyl (C=O) groups excluding carboxylic acids is 2. The first-order chi connectivity index (χ1) is 11.6. The average Bonchev–Trinajstić information content (AvgIpc) is 2.60. The first-order valence-corrected chi connectivity index (χ1v) is 8.38. The molecular formula is C18H27N3O3. The molecule has 0 bridgehead atoms. The number of hydrogen-bond donors (Lipinski definition) is 0. The van der Waals surface area contributed by atoms with Crippen molar-refractivity contribution in [2.45, 2.75) is 13.5 Å². The first kappa shape index (κ1) is 18.4. The Morgan fingerprint density at radius 3 is 2.29 bits per heavy atom. The highest BCUT2D eigenvalue weighted by Crippen LogP contribution is 2.07. The Bertz CT molecular complexity index is 528. The highest BCUT2D eigenvalue weighted by molar-refractivity contribution is 5.79. The van der Waals surface area contributed by atoms with E-state index < -0.39 is 0 Å². The zero-order valence-electron chi connectivity index (χ0n) is 14.6. The van der Waals surface area contributed by atoms with E-state index in [1.165, 1.54) is 5.56 Å². The van der Waals surface area contributed by atoms with Gasteiger partial charge in [0.1, 0.15) is 0 Å². The van der Waals surface area contributed by atoms with Crippen LogP contribution in [0.5, 0.6) is 0 Å². The summed E-state index contributed by atoms with van der Waals surface area (Å²) >= 11 is 0. The van der Waals surface area contributed by atoms with Gasteiger partial charge in [-0.15, -0.1) is 0 Å². The fourth-order valence-corrected chi connectivity index (χ4v) is 2.84. The maximum Gasteiger partial charge on any atom is 0.236 e. The lowest BCUT2D eigenvalue weighted by Crippen LogP contribution is -2.52. The largest absolute Gasteiger partial charge is 0.383 e. The number of nitrogens with zero attached hydrogens (tertiary/aromatic N) is 3. The summed E-state index contributed by atoms with van der Waals surface area (Å²) in [6.07, 6.45) is 0. The number of piperazine rings is 1. The molecule has 0 spiro atoms. The van der Waals surface area contributed by atoms with Crippen LogP contribution in [0.1, 0.15) is 12.5 Å². The number of ether oxygens (including phenoxy) is 1. The van der Waals surface area contributed by atoms with E-state index >= 15 is 0 Å². The minimum Gasteiger partial charge on any atom is -0.383 e. The Morgan fingerprint density at radius 2 is 1.71 bits per heavy atom. The lowest BCUT2D eigenvalue weighted by atomic mass is 10.2. The molecule has 0 radical (unpaired) electrons. The zero-order valence-corrected chi connectivity index (χ0v) is 14.6. The third-order valence-electron chi connectivity index (χ3n) is 4.30. The number of amides is 2. The van der Waals surface area contributed by atoms with Gasteiger partial charge in [-0.05, 0) is 5.56 Å². The second kappa shape index (κ2) is 9.39. The maximum absolute atomic E-state index is 12.6. The van der Waals surface area contributed by atoms with Gasteiger partial charge in [-0.1, -0.05) is 30.3 Å². The Hall–Kier alpha value is -1.92. The third-order valence-corrected chi connectivity index (χ3v) is 4.30. The molecule has 1 heterocycles. The quantitative estimate of drug-likeness (QED) is 0.742. The summed E-state index contributed by atoms with van der Waals surface area (Å²) in [4.78, 5) is 29.7. The standard InChI is InChI=1S/C18H27N3O3/c1-16(22)20-8-10-21(11-9-20)18(23)15-19(12-13-24-2)14-17-6-4-3-5-7-17/h3-7H,8-15H2,1-2H3. The molecule has 1 aromatic rings. The molecule has 1 saturated heterocycles. The van der Waals surface area contributed by atoms with Gasteiger partial charge in [0, 0.05) is 53.3 Å². The van der Waals surface area contributed by atoms with E-state index in [4.69, 9.17) is 4.74 Å². The summed E-state index contributed by atoms with van der Waals surface area (Å²) in [6, 6.07) is 10.1. The summed E-state index contributed by atoms with van der Waals surface area (Å²) in [5.41, 5.74) is 1.18. The van der Waals surface area contributed by atoms with Crippen molar-refractivity contribution in [2.75, 3.05) is 53.0 Å². The fourth-order valence-electron chi connectivity index (χ4n) is 2.84. The molecule has 6 heteroatoms. The lowest BCUT2D eigenvalue weighted by Gasteiger charge is -2.35. The number of methoxy groups -OCH3 is 1. The molecule has 0 N–H and O–H groups in total. The van der Waals surface area contributed by atoms with Crippen LogP contribution in [-0.2, 0) is 20.9 Å². The van der Waals surface area contributed by atoms with Crippen LogP contribution in [0.4, 0.5) is 0 Å². The number of rotatable bonds is 7. The molecule has 2 rings (SSSR count). The van der Waals surface area contributed by atoms with Gasteiger partial charge < -0.3 is 14.5 Å². The van der Waals surface area contributed by atoms with E-state index in [2.05, 4.69) is 17.0 Å². The maximum atomic E-state index is 12.6. The Kier molecular flexibility index (Phi) is 7.21. The van der Waals surface area contributed by atoms with E-state index in [1.54, 1.807) is 18.9 Å². The molecule has 2 amide bonds. The Balaban J connectivity index is 1.88. The molecule has 1 aromatic carbocycles. The van der Waals surface area contributed by atoms with Crippen molar-refractivity contribution in [1.82, 2.24) is 14.7 Å². The summed E-state index contributed by atoms with van der Waals surface area (Å²) in [6.45, 7) is 6.45. The highest BCUT2D eigenvalue weighted by Gasteiger charge is 2.23. The van der Waals surface area contributed by atoms with Crippen molar-refractivity contribution in [1.29, 1.82) is 0 Å². The van der Waals surface area contributed by atoms with Crippen LogP contribution in [0.15, 0.2) is 30.3 Å². The predicted molar refractivity (Wildman–Crippen MR) is 92.4 cm³/mol. The molecule has 132 valence electrons. The van der Waals surface area contributed by atoms with Crippen LogP contribution in [0, 0.1) is 0 Å². The van der Waals surface area contributed by atoms with E-state index in [9.17, 15) is 9.59 Å². The molecular weight excluding hydrogens is 306 g/mol. The second-order valence-corrected chi connectivity index (χ2v) is 6.08. The van der Waals surface area contributed by atoms with Crippen molar-refractivity contribution >= 4 is 11.8 Å². The molecule has 0 aliphatic carbocycles. The molecule has 1 fully saturated rings. The van der Waals surface area contributed by atoms with Crippen molar-refractivity contribution < 1.29 is 14.3 Å². The molecule has 0 unspecified atom stereocenters. The minimum absolute atomic E-state index is 0.0768. The van der Waals surface area contributed by atoms with Gasteiger partial charge in [-0.3, -0.25) is 14.5 Å². The van der Waals surface area contributed by atoms with Crippen molar-refractivity contribution in [2.24, 2.45) is 0 Å². The monoisotopic (exact) mass is 333 g/mol. The van der Waals surface area contributed by atoms with Crippen LogP contribution >= 0.6 is 0 Å². The number of hydrogen-bond acceptors (Lipinski definition) is 4. The Labute approximate surface area is 144 Å². The summed E-state index contributed by atoms with van der Waals surface area (Å²) in [7, 11) is 1.67. The SMILES string of the molecule is COCCN(CC(=O)N1CCN(C(C)=O)CC1)Cc1ccccc1. The van der Waals surface area contributed by atoms with Crippen LogP contribution < -0.4 is 0 Å². The van der Waals surface area contributed by atoms with Gasteiger partial charge in [-0.2, -0.15) is 0 Å². The van der Waals surface area contributed by atoms with Crippen molar-refractivity contribution in [3.8, 4) is 0 Å². The van der Waals surface area contributed by atoms with Gasteiger partial charge in [0.15, 0.2) is 0 Å². The lowest BCUT2D eigenvalue weighted by molar-refractivity contribution is -0.139.